The fraction of sp³-hybridized carbons (Fsp3) is 0.667. The SMILES string of the molecule is CCCC(C)C(NC)c1sc(C)cc1Br. The van der Waals surface area contributed by atoms with Crippen molar-refractivity contribution < 1.29 is 0 Å². The van der Waals surface area contributed by atoms with Crippen LogP contribution < -0.4 is 5.32 Å². The first-order valence-electron chi connectivity index (χ1n) is 5.53. The van der Waals surface area contributed by atoms with E-state index >= 15 is 0 Å². The van der Waals surface area contributed by atoms with Crippen molar-refractivity contribution in [2.45, 2.75) is 39.7 Å². The summed E-state index contributed by atoms with van der Waals surface area (Å²) in [5, 5.41) is 3.44. The zero-order valence-electron chi connectivity index (χ0n) is 9.93. The van der Waals surface area contributed by atoms with Gasteiger partial charge in [-0.25, -0.2) is 0 Å². The molecule has 1 aromatic rings. The summed E-state index contributed by atoms with van der Waals surface area (Å²) < 4.78 is 1.26. The predicted octanol–water partition coefficient (Wildman–Crippen LogP) is 4.52. The molecule has 0 spiro atoms. The Balaban J connectivity index is 2.86. The van der Waals surface area contributed by atoms with E-state index in [1.165, 1.54) is 27.1 Å². The zero-order valence-corrected chi connectivity index (χ0v) is 12.3. The van der Waals surface area contributed by atoms with Crippen molar-refractivity contribution in [1.29, 1.82) is 0 Å². The van der Waals surface area contributed by atoms with Crippen molar-refractivity contribution in [1.82, 2.24) is 5.32 Å². The summed E-state index contributed by atoms with van der Waals surface area (Å²) >= 11 is 5.54. The molecular formula is C12H20BrNS. The highest BCUT2D eigenvalue weighted by Crippen LogP contribution is 2.36. The Morgan fingerprint density at radius 2 is 2.20 bits per heavy atom. The Morgan fingerprint density at radius 3 is 2.60 bits per heavy atom. The largest absolute Gasteiger partial charge is 0.312 e. The van der Waals surface area contributed by atoms with E-state index in [-0.39, 0.29) is 0 Å². The lowest BCUT2D eigenvalue weighted by Crippen LogP contribution is -2.22. The van der Waals surface area contributed by atoms with E-state index in [0.717, 1.165) is 0 Å². The van der Waals surface area contributed by atoms with Crippen molar-refractivity contribution in [3.63, 3.8) is 0 Å². The van der Waals surface area contributed by atoms with Gasteiger partial charge in [0.2, 0.25) is 0 Å². The second-order valence-electron chi connectivity index (χ2n) is 4.10. The number of rotatable bonds is 5. The number of hydrogen-bond acceptors (Lipinski definition) is 2. The molecule has 0 saturated carbocycles. The van der Waals surface area contributed by atoms with Gasteiger partial charge in [0.15, 0.2) is 0 Å². The molecule has 0 aliphatic rings. The maximum atomic E-state index is 3.65. The Labute approximate surface area is 105 Å². The molecule has 15 heavy (non-hydrogen) atoms. The molecule has 0 fully saturated rings. The summed E-state index contributed by atoms with van der Waals surface area (Å²) in [6.45, 7) is 6.74. The normalized spacial score (nSPS) is 15.3. The van der Waals surface area contributed by atoms with Crippen molar-refractivity contribution >= 4 is 27.3 Å². The summed E-state index contributed by atoms with van der Waals surface area (Å²) in [5.41, 5.74) is 0. The lowest BCUT2D eigenvalue weighted by Gasteiger charge is -2.22. The fourth-order valence-corrected chi connectivity index (χ4v) is 4.15. The molecule has 0 aromatic carbocycles. The van der Waals surface area contributed by atoms with Crippen molar-refractivity contribution in [3.05, 3.63) is 20.3 Å². The monoisotopic (exact) mass is 289 g/mol. The van der Waals surface area contributed by atoms with Gasteiger partial charge in [-0.3, -0.25) is 0 Å². The van der Waals surface area contributed by atoms with Gasteiger partial charge in [0.25, 0.3) is 0 Å². The standard InChI is InChI=1S/C12H20BrNS/c1-5-6-8(2)11(14-4)12-10(13)7-9(3)15-12/h7-8,11,14H,5-6H2,1-4H3. The van der Waals surface area contributed by atoms with Crippen LogP contribution in [0.4, 0.5) is 0 Å². The highest BCUT2D eigenvalue weighted by atomic mass is 79.9. The van der Waals surface area contributed by atoms with E-state index in [2.05, 4.69) is 55.1 Å². The van der Waals surface area contributed by atoms with Gasteiger partial charge in [-0.1, -0.05) is 20.3 Å². The molecule has 1 N–H and O–H groups in total. The first-order valence-corrected chi connectivity index (χ1v) is 7.14. The minimum Gasteiger partial charge on any atom is -0.312 e. The molecule has 2 atom stereocenters. The molecular weight excluding hydrogens is 270 g/mol. The van der Waals surface area contributed by atoms with Crippen LogP contribution >= 0.6 is 27.3 Å². The van der Waals surface area contributed by atoms with Gasteiger partial charge in [-0.05, 0) is 48.3 Å². The van der Waals surface area contributed by atoms with Crippen LogP contribution in [0.1, 0.15) is 42.5 Å². The molecule has 0 bridgehead atoms. The maximum Gasteiger partial charge on any atom is 0.0449 e. The van der Waals surface area contributed by atoms with Gasteiger partial charge in [-0.15, -0.1) is 11.3 Å². The number of nitrogens with one attached hydrogen (secondary N) is 1. The molecule has 0 amide bonds. The first kappa shape index (κ1) is 13.2. The zero-order chi connectivity index (χ0) is 11.4. The molecule has 1 heterocycles. The number of hydrogen-bond donors (Lipinski definition) is 1. The Kier molecular flexibility index (Phi) is 5.30. The molecule has 0 radical (unpaired) electrons. The van der Waals surface area contributed by atoms with Crippen LogP contribution in [-0.2, 0) is 0 Å². The minimum atomic E-state index is 0.484. The summed E-state index contributed by atoms with van der Waals surface area (Å²) in [6, 6.07) is 2.70. The molecule has 0 aliphatic heterocycles. The lowest BCUT2D eigenvalue weighted by atomic mass is 9.96. The fourth-order valence-electron chi connectivity index (χ4n) is 2.01. The quantitative estimate of drug-likeness (QED) is 0.841. The van der Waals surface area contributed by atoms with Crippen molar-refractivity contribution in [2.24, 2.45) is 5.92 Å². The second-order valence-corrected chi connectivity index (χ2v) is 6.24. The van der Waals surface area contributed by atoms with Gasteiger partial charge in [0.1, 0.15) is 0 Å². The Morgan fingerprint density at radius 1 is 1.53 bits per heavy atom. The number of thiophene rings is 1. The molecule has 86 valence electrons. The van der Waals surface area contributed by atoms with Crippen LogP contribution in [0.3, 0.4) is 0 Å². The van der Waals surface area contributed by atoms with E-state index in [1.807, 2.05) is 11.3 Å². The Hall–Kier alpha value is 0.140. The molecule has 1 rings (SSSR count). The number of halogens is 1. The summed E-state index contributed by atoms with van der Waals surface area (Å²) in [4.78, 5) is 2.82. The van der Waals surface area contributed by atoms with Crippen LogP contribution in [0, 0.1) is 12.8 Å². The number of aryl methyl sites for hydroxylation is 1. The third-order valence-electron chi connectivity index (χ3n) is 2.74. The van der Waals surface area contributed by atoms with Crippen LogP contribution in [-0.4, -0.2) is 7.05 Å². The average Bonchev–Trinajstić information content (AvgIpc) is 2.47. The van der Waals surface area contributed by atoms with E-state index < -0.39 is 0 Å². The predicted molar refractivity (Wildman–Crippen MR) is 72.6 cm³/mol. The Bertz CT molecular complexity index is 309. The van der Waals surface area contributed by atoms with Crippen LogP contribution in [0.25, 0.3) is 0 Å². The summed E-state index contributed by atoms with van der Waals surface area (Å²) in [5.74, 6) is 0.689. The average molecular weight is 290 g/mol. The molecule has 2 unspecified atom stereocenters. The van der Waals surface area contributed by atoms with E-state index in [0.29, 0.717) is 12.0 Å². The first-order chi connectivity index (χ1) is 7.10. The molecule has 0 aliphatic carbocycles. The lowest BCUT2D eigenvalue weighted by molar-refractivity contribution is 0.388. The van der Waals surface area contributed by atoms with Gasteiger partial charge in [-0.2, -0.15) is 0 Å². The second kappa shape index (κ2) is 6.02. The molecule has 1 nitrogen and oxygen atoms in total. The summed E-state index contributed by atoms with van der Waals surface area (Å²) in [7, 11) is 2.05. The van der Waals surface area contributed by atoms with Crippen LogP contribution in [0.15, 0.2) is 10.5 Å². The van der Waals surface area contributed by atoms with Gasteiger partial charge < -0.3 is 5.32 Å². The third-order valence-corrected chi connectivity index (χ3v) is 4.79. The van der Waals surface area contributed by atoms with E-state index in [1.54, 1.807) is 0 Å². The van der Waals surface area contributed by atoms with Gasteiger partial charge in [0.05, 0.1) is 0 Å². The minimum absolute atomic E-state index is 0.484. The van der Waals surface area contributed by atoms with Crippen LogP contribution in [0.2, 0.25) is 0 Å². The van der Waals surface area contributed by atoms with Gasteiger partial charge >= 0.3 is 0 Å². The molecule has 3 heteroatoms. The highest BCUT2D eigenvalue weighted by molar-refractivity contribution is 9.10. The molecule has 0 saturated heterocycles. The smallest absolute Gasteiger partial charge is 0.0449 e. The van der Waals surface area contributed by atoms with Crippen molar-refractivity contribution in [2.75, 3.05) is 7.05 Å². The third kappa shape index (κ3) is 3.30. The van der Waals surface area contributed by atoms with Crippen molar-refractivity contribution in [3.8, 4) is 0 Å². The van der Waals surface area contributed by atoms with Crippen LogP contribution in [0.5, 0.6) is 0 Å². The van der Waals surface area contributed by atoms with Gasteiger partial charge in [0, 0.05) is 20.3 Å². The topological polar surface area (TPSA) is 12.0 Å². The van der Waals surface area contributed by atoms with E-state index in [4.69, 9.17) is 0 Å². The summed E-state index contributed by atoms with van der Waals surface area (Å²) in [6.07, 6.45) is 2.52. The highest BCUT2D eigenvalue weighted by Gasteiger charge is 2.20. The maximum absolute atomic E-state index is 3.65. The van der Waals surface area contributed by atoms with E-state index in [9.17, 15) is 0 Å². The molecule has 1 aromatic heterocycles.